The molecule has 0 saturated carbocycles. The van der Waals surface area contributed by atoms with Gasteiger partial charge in [0.1, 0.15) is 0 Å². The lowest BCUT2D eigenvalue weighted by molar-refractivity contribution is 0.610. The van der Waals surface area contributed by atoms with E-state index in [4.69, 9.17) is 0 Å². The third kappa shape index (κ3) is 1.30. The van der Waals surface area contributed by atoms with Crippen LogP contribution in [0.1, 0.15) is 6.42 Å². The lowest BCUT2D eigenvalue weighted by Crippen LogP contribution is -2.03. The van der Waals surface area contributed by atoms with Gasteiger partial charge in [0.15, 0.2) is 0 Å². The molecule has 2 heteroatoms. The van der Waals surface area contributed by atoms with Crippen molar-refractivity contribution in [2.75, 3.05) is 7.05 Å². The maximum absolute atomic E-state index is 4.19. The first-order chi connectivity index (χ1) is 3.79. The first-order valence-corrected chi connectivity index (χ1v) is 3.02. The standard InChI is InChI=1S/C6H9NS/c1-7-4-2-3-6(8)5-7/h2,4-5,8H,3H2,1H3. The third-order valence-electron chi connectivity index (χ3n) is 1.02. The number of thiol groups is 1. The van der Waals surface area contributed by atoms with Crippen LogP contribution in [0.4, 0.5) is 0 Å². The molecular formula is C6H9NS. The van der Waals surface area contributed by atoms with Crippen LogP contribution in [0, 0.1) is 0 Å². The van der Waals surface area contributed by atoms with Crippen molar-refractivity contribution in [3.63, 3.8) is 0 Å². The Balaban J connectivity index is 2.60. The van der Waals surface area contributed by atoms with Crippen molar-refractivity contribution in [2.45, 2.75) is 6.42 Å². The predicted octanol–water partition coefficient (Wildman–Crippen LogP) is 1.61. The minimum Gasteiger partial charge on any atom is -0.357 e. The molecule has 0 saturated heterocycles. The first kappa shape index (κ1) is 5.76. The molecule has 0 fully saturated rings. The van der Waals surface area contributed by atoms with Gasteiger partial charge in [-0.3, -0.25) is 0 Å². The Morgan fingerprint density at radius 1 is 1.75 bits per heavy atom. The minimum atomic E-state index is 0.980. The Hall–Kier alpha value is -0.370. The number of hydrogen-bond donors (Lipinski definition) is 1. The molecule has 8 heavy (non-hydrogen) atoms. The number of hydrogen-bond acceptors (Lipinski definition) is 2. The summed E-state index contributed by atoms with van der Waals surface area (Å²) in [7, 11) is 1.99. The number of rotatable bonds is 0. The largest absolute Gasteiger partial charge is 0.357 e. The molecule has 0 amide bonds. The molecular weight excluding hydrogens is 118 g/mol. The summed E-state index contributed by atoms with van der Waals surface area (Å²) >= 11 is 4.19. The molecule has 1 aliphatic rings. The van der Waals surface area contributed by atoms with Crippen LogP contribution in [-0.4, -0.2) is 11.9 Å². The van der Waals surface area contributed by atoms with E-state index in [-0.39, 0.29) is 0 Å². The second-order valence-electron chi connectivity index (χ2n) is 1.87. The minimum absolute atomic E-state index is 0.980. The van der Waals surface area contributed by atoms with Gasteiger partial charge in [-0.05, 0) is 12.6 Å². The van der Waals surface area contributed by atoms with Gasteiger partial charge in [-0.25, -0.2) is 0 Å². The Morgan fingerprint density at radius 3 is 2.88 bits per heavy atom. The van der Waals surface area contributed by atoms with Crippen molar-refractivity contribution in [3.05, 3.63) is 23.4 Å². The Bertz CT molecular complexity index is 137. The molecule has 1 heterocycles. The van der Waals surface area contributed by atoms with Gasteiger partial charge in [0.05, 0.1) is 0 Å². The summed E-state index contributed by atoms with van der Waals surface area (Å²) in [6, 6.07) is 0. The lowest BCUT2D eigenvalue weighted by Gasteiger charge is -2.12. The fourth-order valence-corrected chi connectivity index (χ4v) is 0.958. The van der Waals surface area contributed by atoms with Crippen LogP contribution in [-0.2, 0) is 0 Å². The van der Waals surface area contributed by atoms with Gasteiger partial charge in [-0.15, -0.1) is 12.6 Å². The highest BCUT2D eigenvalue weighted by molar-refractivity contribution is 7.84. The average molecular weight is 127 g/mol. The summed E-state index contributed by atoms with van der Waals surface area (Å²) in [5.74, 6) is 0. The molecule has 0 unspecified atom stereocenters. The Kier molecular flexibility index (Phi) is 1.63. The summed E-state index contributed by atoms with van der Waals surface area (Å²) in [5, 5.41) is 0. The monoisotopic (exact) mass is 127 g/mol. The van der Waals surface area contributed by atoms with E-state index in [1.807, 2.05) is 24.3 Å². The van der Waals surface area contributed by atoms with Crippen LogP contribution in [0.2, 0.25) is 0 Å². The zero-order valence-corrected chi connectivity index (χ0v) is 5.73. The van der Waals surface area contributed by atoms with E-state index >= 15 is 0 Å². The van der Waals surface area contributed by atoms with Gasteiger partial charge < -0.3 is 4.90 Å². The quantitative estimate of drug-likeness (QED) is 0.484. The van der Waals surface area contributed by atoms with Gasteiger partial charge in [-0.2, -0.15) is 0 Å². The molecule has 0 N–H and O–H groups in total. The average Bonchev–Trinajstić information content (AvgIpc) is 1.64. The molecule has 0 aromatic carbocycles. The van der Waals surface area contributed by atoms with Crippen molar-refractivity contribution >= 4 is 12.6 Å². The smallest absolute Gasteiger partial charge is 0.0127 e. The fourth-order valence-electron chi connectivity index (χ4n) is 0.671. The van der Waals surface area contributed by atoms with Crippen LogP contribution >= 0.6 is 12.6 Å². The van der Waals surface area contributed by atoms with Gasteiger partial charge in [0, 0.05) is 18.2 Å². The molecule has 1 rings (SSSR count). The van der Waals surface area contributed by atoms with E-state index in [0.717, 1.165) is 11.3 Å². The molecule has 0 radical (unpaired) electrons. The zero-order valence-electron chi connectivity index (χ0n) is 4.83. The maximum Gasteiger partial charge on any atom is 0.0127 e. The number of nitrogens with zero attached hydrogens (tertiary/aromatic N) is 1. The summed E-state index contributed by atoms with van der Waals surface area (Å²) < 4.78 is 0. The molecule has 0 aromatic rings. The molecule has 1 aliphatic heterocycles. The molecule has 44 valence electrons. The zero-order chi connectivity index (χ0) is 5.98. The SMILES string of the molecule is CN1C=CCC(S)=C1. The predicted molar refractivity (Wildman–Crippen MR) is 38.6 cm³/mol. The van der Waals surface area contributed by atoms with Gasteiger partial charge in [-0.1, -0.05) is 6.08 Å². The van der Waals surface area contributed by atoms with Crippen molar-refractivity contribution in [3.8, 4) is 0 Å². The first-order valence-electron chi connectivity index (χ1n) is 2.57. The Labute approximate surface area is 55.1 Å². The Morgan fingerprint density at radius 2 is 2.50 bits per heavy atom. The summed E-state index contributed by atoms with van der Waals surface area (Å²) in [5.41, 5.74) is 0. The van der Waals surface area contributed by atoms with Crippen molar-refractivity contribution in [1.82, 2.24) is 4.90 Å². The molecule has 0 bridgehead atoms. The van der Waals surface area contributed by atoms with E-state index in [9.17, 15) is 0 Å². The van der Waals surface area contributed by atoms with Gasteiger partial charge in [0.2, 0.25) is 0 Å². The molecule has 1 nitrogen and oxygen atoms in total. The van der Waals surface area contributed by atoms with Crippen LogP contribution in [0.15, 0.2) is 23.4 Å². The molecule has 0 spiro atoms. The van der Waals surface area contributed by atoms with Crippen LogP contribution in [0.25, 0.3) is 0 Å². The highest BCUT2D eigenvalue weighted by Gasteiger charge is 1.93. The second kappa shape index (κ2) is 2.27. The molecule has 0 aliphatic carbocycles. The van der Waals surface area contributed by atoms with E-state index in [2.05, 4.69) is 18.7 Å². The normalized spacial score (nSPS) is 18.8. The number of allylic oxidation sites excluding steroid dienone is 2. The van der Waals surface area contributed by atoms with Crippen molar-refractivity contribution in [2.24, 2.45) is 0 Å². The van der Waals surface area contributed by atoms with Gasteiger partial charge >= 0.3 is 0 Å². The second-order valence-corrected chi connectivity index (χ2v) is 2.45. The van der Waals surface area contributed by atoms with E-state index in [0.29, 0.717) is 0 Å². The van der Waals surface area contributed by atoms with Crippen molar-refractivity contribution in [1.29, 1.82) is 0 Å². The van der Waals surface area contributed by atoms with Crippen molar-refractivity contribution < 1.29 is 0 Å². The molecule has 0 atom stereocenters. The lowest BCUT2D eigenvalue weighted by atomic mass is 10.3. The van der Waals surface area contributed by atoms with Crippen LogP contribution in [0.5, 0.6) is 0 Å². The highest BCUT2D eigenvalue weighted by Crippen LogP contribution is 2.12. The van der Waals surface area contributed by atoms with Crippen LogP contribution < -0.4 is 0 Å². The third-order valence-corrected chi connectivity index (χ3v) is 1.32. The summed E-state index contributed by atoms with van der Waals surface area (Å²) in [6.07, 6.45) is 7.10. The fraction of sp³-hybridized carbons (Fsp3) is 0.333. The van der Waals surface area contributed by atoms with Crippen LogP contribution in [0.3, 0.4) is 0 Å². The molecule has 0 aromatic heterocycles. The topological polar surface area (TPSA) is 3.24 Å². The van der Waals surface area contributed by atoms with E-state index in [1.54, 1.807) is 0 Å². The van der Waals surface area contributed by atoms with E-state index < -0.39 is 0 Å². The summed E-state index contributed by atoms with van der Waals surface area (Å²) in [6.45, 7) is 0. The highest BCUT2D eigenvalue weighted by atomic mass is 32.1. The van der Waals surface area contributed by atoms with Gasteiger partial charge in [0.25, 0.3) is 0 Å². The maximum atomic E-state index is 4.19. The summed E-state index contributed by atoms with van der Waals surface area (Å²) in [4.78, 5) is 3.11. The van der Waals surface area contributed by atoms with E-state index in [1.165, 1.54) is 0 Å².